The summed E-state index contributed by atoms with van der Waals surface area (Å²) in [6, 6.07) is 17.4. The maximum atomic E-state index is 12.4. The molecule has 28 heavy (non-hydrogen) atoms. The van der Waals surface area contributed by atoms with Gasteiger partial charge in [0.1, 0.15) is 5.75 Å². The van der Waals surface area contributed by atoms with Gasteiger partial charge in [-0.15, -0.1) is 0 Å². The highest BCUT2D eigenvalue weighted by atomic mass is 16.5. The van der Waals surface area contributed by atoms with Gasteiger partial charge in [0.15, 0.2) is 11.5 Å². The van der Waals surface area contributed by atoms with Crippen LogP contribution >= 0.6 is 0 Å². The summed E-state index contributed by atoms with van der Waals surface area (Å²) < 4.78 is 12.7. The monoisotopic (exact) mass is 375 g/mol. The molecular formula is C22H21N3O3. The summed E-state index contributed by atoms with van der Waals surface area (Å²) in [5.74, 6) is 0.957. The van der Waals surface area contributed by atoms with Crippen LogP contribution in [-0.4, -0.2) is 22.7 Å². The van der Waals surface area contributed by atoms with E-state index < -0.39 is 0 Å². The number of carbonyl (C=O) groups excluding carboxylic acids is 1. The molecule has 0 radical (unpaired) electrons. The first-order chi connectivity index (χ1) is 13.5. The fraction of sp³-hybridized carbons (Fsp3) is 0.182. The smallest absolute Gasteiger partial charge is 0.273 e. The quantitative estimate of drug-likeness (QED) is 0.571. The molecule has 2 aromatic carbocycles. The molecule has 2 heterocycles. The lowest BCUT2D eigenvalue weighted by Crippen LogP contribution is -2.23. The predicted octanol–water partition coefficient (Wildman–Crippen LogP) is 4.08. The van der Waals surface area contributed by atoms with Gasteiger partial charge in [-0.1, -0.05) is 23.4 Å². The molecule has 2 aromatic heterocycles. The maximum absolute atomic E-state index is 12.4. The zero-order valence-electron chi connectivity index (χ0n) is 16.0. The minimum atomic E-state index is -0.276. The molecule has 0 fully saturated rings. The third-order valence-corrected chi connectivity index (χ3v) is 4.90. The van der Waals surface area contributed by atoms with E-state index in [9.17, 15) is 4.79 Å². The van der Waals surface area contributed by atoms with E-state index >= 15 is 0 Å². The van der Waals surface area contributed by atoms with Crippen LogP contribution in [0.15, 0.2) is 59.1 Å². The number of ether oxygens (including phenoxy) is 1. The van der Waals surface area contributed by atoms with Crippen molar-refractivity contribution < 1.29 is 14.1 Å². The number of rotatable bonds is 5. The van der Waals surface area contributed by atoms with Crippen LogP contribution in [0.2, 0.25) is 0 Å². The van der Waals surface area contributed by atoms with Crippen molar-refractivity contribution in [2.75, 3.05) is 7.11 Å². The summed E-state index contributed by atoms with van der Waals surface area (Å²) in [5, 5.41) is 7.95. The van der Waals surface area contributed by atoms with Crippen molar-refractivity contribution in [3.8, 4) is 17.1 Å². The van der Waals surface area contributed by atoms with Gasteiger partial charge in [-0.2, -0.15) is 0 Å². The molecule has 6 heteroatoms. The first-order valence-electron chi connectivity index (χ1n) is 8.99. The molecule has 0 unspecified atom stereocenters. The minimum absolute atomic E-state index is 0.245. The summed E-state index contributed by atoms with van der Waals surface area (Å²) in [4.78, 5) is 12.4. The highest BCUT2D eigenvalue weighted by molar-refractivity contribution is 5.93. The molecule has 1 N–H and O–H groups in total. The van der Waals surface area contributed by atoms with Crippen molar-refractivity contribution in [3.05, 3.63) is 71.5 Å². The van der Waals surface area contributed by atoms with E-state index in [2.05, 4.69) is 40.2 Å². The molecule has 0 spiro atoms. The second-order valence-electron chi connectivity index (χ2n) is 6.73. The van der Waals surface area contributed by atoms with Crippen LogP contribution in [0.1, 0.15) is 21.7 Å². The first-order valence-corrected chi connectivity index (χ1v) is 8.99. The van der Waals surface area contributed by atoms with Gasteiger partial charge in [0.2, 0.25) is 0 Å². The Balaban J connectivity index is 1.46. The number of fused-ring (bicyclic) bond motifs is 1. The molecule has 0 aliphatic carbocycles. The molecule has 0 atom stereocenters. The minimum Gasteiger partial charge on any atom is -0.497 e. The number of hydrogen-bond donors (Lipinski definition) is 1. The number of benzene rings is 2. The average Bonchev–Trinajstić information content (AvgIpc) is 3.31. The van der Waals surface area contributed by atoms with Crippen molar-refractivity contribution >= 4 is 16.8 Å². The molecule has 4 rings (SSSR count). The van der Waals surface area contributed by atoms with Gasteiger partial charge in [0.25, 0.3) is 5.91 Å². The van der Waals surface area contributed by atoms with E-state index in [0.717, 1.165) is 16.5 Å². The normalized spacial score (nSPS) is 11.0. The van der Waals surface area contributed by atoms with Crippen molar-refractivity contribution in [2.24, 2.45) is 7.05 Å². The number of amides is 1. The van der Waals surface area contributed by atoms with Crippen LogP contribution in [0.3, 0.4) is 0 Å². The van der Waals surface area contributed by atoms with Crippen LogP contribution in [0.5, 0.6) is 5.75 Å². The Bertz CT molecular complexity index is 1160. The summed E-state index contributed by atoms with van der Waals surface area (Å²) in [6.07, 6.45) is 0. The lowest BCUT2D eigenvalue weighted by molar-refractivity contribution is 0.0942. The number of hydrogen-bond acceptors (Lipinski definition) is 4. The van der Waals surface area contributed by atoms with Crippen molar-refractivity contribution in [3.63, 3.8) is 0 Å². The fourth-order valence-electron chi connectivity index (χ4n) is 3.21. The standard InChI is InChI=1S/C22H21N3O3/c1-14-9-17-10-15(7-8-20(17)25(14)2)13-23-22(26)19-12-21(28-24-19)16-5-4-6-18(11-16)27-3/h4-12H,13H2,1-3H3,(H,23,26). The summed E-state index contributed by atoms with van der Waals surface area (Å²) in [5.41, 5.74) is 4.45. The Labute approximate surface area is 162 Å². The summed E-state index contributed by atoms with van der Waals surface area (Å²) >= 11 is 0. The Kier molecular flexibility index (Phi) is 4.61. The van der Waals surface area contributed by atoms with Gasteiger partial charge in [0.05, 0.1) is 7.11 Å². The van der Waals surface area contributed by atoms with Gasteiger partial charge in [-0.3, -0.25) is 4.79 Å². The van der Waals surface area contributed by atoms with Crippen LogP contribution in [0.4, 0.5) is 0 Å². The van der Waals surface area contributed by atoms with E-state index in [-0.39, 0.29) is 11.6 Å². The Morgan fingerprint density at radius 2 is 2.04 bits per heavy atom. The predicted molar refractivity (Wildman–Crippen MR) is 107 cm³/mol. The van der Waals surface area contributed by atoms with Gasteiger partial charge < -0.3 is 19.1 Å². The van der Waals surface area contributed by atoms with Gasteiger partial charge in [-0.25, -0.2) is 0 Å². The number of nitrogens with one attached hydrogen (secondary N) is 1. The first kappa shape index (κ1) is 17.9. The Morgan fingerprint density at radius 1 is 1.18 bits per heavy atom. The van der Waals surface area contributed by atoms with Crippen LogP contribution in [0.25, 0.3) is 22.2 Å². The average molecular weight is 375 g/mol. The summed E-state index contributed by atoms with van der Waals surface area (Å²) in [7, 11) is 3.65. The molecule has 0 bridgehead atoms. The van der Waals surface area contributed by atoms with Crippen molar-refractivity contribution in [1.29, 1.82) is 0 Å². The molecule has 0 saturated carbocycles. The van der Waals surface area contributed by atoms with Gasteiger partial charge in [0, 0.05) is 41.8 Å². The van der Waals surface area contributed by atoms with E-state index in [0.29, 0.717) is 18.1 Å². The molecular weight excluding hydrogens is 354 g/mol. The third-order valence-electron chi connectivity index (χ3n) is 4.90. The van der Waals surface area contributed by atoms with E-state index in [1.54, 1.807) is 13.2 Å². The molecule has 0 aliphatic rings. The molecule has 6 nitrogen and oxygen atoms in total. The largest absolute Gasteiger partial charge is 0.497 e. The second-order valence-corrected chi connectivity index (χ2v) is 6.73. The highest BCUT2D eigenvalue weighted by Gasteiger charge is 2.14. The van der Waals surface area contributed by atoms with Gasteiger partial charge in [-0.05, 0) is 42.8 Å². The SMILES string of the molecule is COc1cccc(-c2cc(C(=O)NCc3ccc4c(c3)cc(C)n4C)no2)c1. The van der Waals surface area contributed by atoms with Crippen LogP contribution in [0, 0.1) is 6.92 Å². The third kappa shape index (κ3) is 3.36. The number of aryl methyl sites for hydroxylation is 2. The number of nitrogens with zero attached hydrogens (tertiary/aromatic N) is 2. The highest BCUT2D eigenvalue weighted by Crippen LogP contribution is 2.24. The molecule has 1 amide bonds. The lowest BCUT2D eigenvalue weighted by Gasteiger charge is -2.04. The fourth-order valence-corrected chi connectivity index (χ4v) is 3.21. The van der Waals surface area contributed by atoms with Gasteiger partial charge >= 0.3 is 0 Å². The van der Waals surface area contributed by atoms with Crippen molar-refractivity contribution in [2.45, 2.75) is 13.5 Å². The topological polar surface area (TPSA) is 69.3 Å². The zero-order valence-corrected chi connectivity index (χ0v) is 16.0. The molecule has 0 saturated heterocycles. The molecule has 4 aromatic rings. The lowest BCUT2D eigenvalue weighted by atomic mass is 10.1. The van der Waals surface area contributed by atoms with Crippen LogP contribution < -0.4 is 10.1 Å². The number of aromatic nitrogens is 2. The molecule has 0 aliphatic heterocycles. The Morgan fingerprint density at radius 3 is 2.86 bits per heavy atom. The summed E-state index contributed by atoms with van der Waals surface area (Å²) in [6.45, 7) is 2.50. The number of carbonyl (C=O) groups is 1. The van der Waals surface area contributed by atoms with E-state index in [1.165, 1.54) is 11.2 Å². The number of methoxy groups -OCH3 is 1. The maximum Gasteiger partial charge on any atom is 0.273 e. The second kappa shape index (κ2) is 7.23. The molecule has 142 valence electrons. The van der Waals surface area contributed by atoms with Crippen molar-refractivity contribution in [1.82, 2.24) is 15.0 Å². The van der Waals surface area contributed by atoms with Crippen LogP contribution in [-0.2, 0) is 13.6 Å². The zero-order chi connectivity index (χ0) is 19.7. The Hall–Kier alpha value is -3.54. The van der Waals surface area contributed by atoms with E-state index in [1.807, 2.05) is 37.4 Å². The van der Waals surface area contributed by atoms with E-state index in [4.69, 9.17) is 9.26 Å².